The topological polar surface area (TPSA) is 92.5 Å². The molecular formula is C16H16ClN3O3S. The van der Waals surface area contributed by atoms with Crippen molar-refractivity contribution in [2.24, 2.45) is 5.14 Å². The molecule has 6 nitrogen and oxygen atoms in total. The average molecular weight is 366 g/mol. The van der Waals surface area contributed by atoms with Crippen molar-refractivity contribution in [2.45, 2.75) is 18.2 Å². The molecule has 0 aromatic heterocycles. The maximum Gasteiger partial charge on any atom is 0.269 e. The molecule has 3 rings (SSSR count). The van der Waals surface area contributed by atoms with E-state index in [1.54, 1.807) is 55.5 Å². The average Bonchev–Trinajstić information content (AvgIpc) is 2.82. The summed E-state index contributed by atoms with van der Waals surface area (Å²) >= 11 is 6.20. The number of anilines is 1. The highest BCUT2D eigenvalue weighted by molar-refractivity contribution is 7.89. The highest BCUT2D eigenvalue weighted by Gasteiger charge is 2.44. The third-order valence-electron chi connectivity index (χ3n) is 4.03. The fourth-order valence-corrected chi connectivity index (χ4v) is 4.58. The Hall–Kier alpha value is -2.09. The van der Waals surface area contributed by atoms with E-state index in [-0.39, 0.29) is 5.91 Å². The Morgan fingerprint density at radius 1 is 1.17 bits per heavy atom. The molecule has 1 aliphatic rings. The van der Waals surface area contributed by atoms with Crippen LogP contribution in [0.5, 0.6) is 0 Å². The van der Waals surface area contributed by atoms with Gasteiger partial charge in [0, 0.05) is 16.1 Å². The number of nitrogens with one attached hydrogen (secondary N) is 1. The zero-order valence-electron chi connectivity index (χ0n) is 12.8. The van der Waals surface area contributed by atoms with Crippen LogP contribution in [-0.4, -0.2) is 20.4 Å². The first-order valence-corrected chi connectivity index (χ1v) is 9.24. The smallest absolute Gasteiger partial charge is 0.269 e. The highest BCUT2D eigenvalue weighted by atomic mass is 35.5. The van der Waals surface area contributed by atoms with Crippen LogP contribution in [0.15, 0.2) is 48.5 Å². The summed E-state index contributed by atoms with van der Waals surface area (Å²) < 4.78 is 24.1. The van der Waals surface area contributed by atoms with Gasteiger partial charge in [0.2, 0.25) is 10.0 Å². The molecule has 1 amide bonds. The molecule has 1 heterocycles. The van der Waals surface area contributed by atoms with Gasteiger partial charge in [0.15, 0.2) is 0 Å². The quantitative estimate of drug-likeness (QED) is 0.872. The SMILES string of the molecule is CC1C(S(N)(=O)=O)c2c(Cl)cccc2N1NC(=O)c1ccccc1. The largest absolute Gasteiger partial charge is 0.280 e. The molecule has 2 atom stereocenters. The van der Waals surface area contributed by atoms with Crippen LogP contribution in [0, 0.1) is 0 Å². The zero-order chi connectivity index (χ0) is 17.5. The lowest BCUT2D eigenvalue weighted by atomic mass is 10.1. The molecular weight excluding hydrogens is 350 g/mol. The molecule has 0 saturated carbocycles. The fraction of sp³-hybridized carbons (Fsp3) is 0.188. The number of nitrogens with two attached hydrogens (primary N) is 1. The zero-order valence-corrected chi connectivity index (χ0v) is 14.4. The molecule has 1 aliphatic heterocycles. The monoisotopic (exact) mass is 365 g/mol. The second kappa shape index (κ2) is 6.08. The molecule has 2 aromatic carbocycles. The van der Waals surface area contributed by atoms with E-state index in [1.807, 2.05) is 0 Å². The summed E-state index contributed by atoms with van der Waals surface area (Å²) in [5.41, 5.74) is 4.14. The standard InChI is InChI=1S/C16H16ClN3O3S/c1-10-15(24(18,22)23)14-12(17)8-5-9-13(14)20(10)19-16(21)11-6-3-2-4-7-11/h2-10,15H,1H3,(H,19,21)(H2,18,22,23). The predicted octanol–water partition coefficient (Wildman–Crippen LogP) is 2.22. The maximum absolute atomic E-state index is 12.4. The molecule has 0 radical (unpaired) electrons. The number of hydrogen-bond donors (Lipinski definition) is 2. The summed E-state index contributed by atoms with van der Waals surface area (Å²) in [5.74, 6) is -0.344. The number of nitrogens with zero attached hydrogens (tertiary/aromatic N) is 1. The van der Waals surface area contributed by atoms with Gasteiger partial charge in [-0.3, -0.25) is 15.2 Å². The predicted molar refractivity (Wildman–Crippen MR) is 93.1 cm³/mol. The van der Waals surface area contributed by atoms with E-state index in [9.17, 15) is 13.2 Å². The van der Waals surface area contributed by atoms with Crippen LogP contribution >= 0.6 is 11.6 Å². The van der Waals surface area contributed by atoms with Gasteiger partial charge in [-0.05, 0) is 31.2 Å². The van der Waals surface area contributed by atoms with Crippen LogP contribution in [0.1, 0.15) is 28.1 Å². The number of benzene rings is 2. The third kappa shape index (κ3) is 2.86. The van der Waals surface area contributed by atoms with E-state index in [4.69, 9.17) is 16.7 Å². The van der Waals surface area contributed by atoms with Crippen LogP contribution in [0.2, 0.25) is 5.02 Å². The lowest BCUT2D eigenvalue weighted by molar-refractivity contribution is 0.0946. The van der Waals surface area contributed by atoms with Crippen molar-refractivity contribution in [2.75, 3.05) is 5.01 Å². The van der Waals surface area contributed by atoms with E-state index in [0.29, 0.717) is 21.8 Å². The number of amides is 1. The molecule has 24 heavy (non-hydrogen) atoms. The third-order valence-corrected chi connectivity index (χ3v) is 5.70. The van der Waals surface area contributed by atoms with E-state index in [2.05, 4.69) is 5.43 Å². The van der Waals surface area contributed by atoms with Crippen LogP contribution in [0.3, 0.4) is 0 Å². The summed E-state index contributed by atoms with van der Waals surface area (Å²) in [5, 5.41) is 6.18. The summed E-state index contributed by atoms with van der Waals surface area (Å²) in [6.07, 6.45) is 0. The Bertz CT molecular complexity index is 887. The van der Waals surface area contributed by atoms with E-state index in [1.165, 1.54) is 5.01 Å². The van der Waals surface area contributed by atoms with Crippen LogP contribution < -0.4 is 15.6 Å². The summed E-state index contributed by atoms with van der Waals surface area (Å²) in [6.45, 7) is 1.68. The van der Waals surface area contributed by atoms with Crippen molar-refractivity contribution < 1.29 is 13.2 Å². The summed E-state index contributed by atoms with van der Waals surface area (Å²) in [4.78, 5) is 12.4. The molecule has 0 fully saturated rings. The van der Waals surface area contributed by atoms with Crippen LogP contribution in [-0.2, 0) is 10.0 Å². The molecule has 0 aliphatic carbocycles. The Labute approximate surface area is 145 Å². The first-order valence-electron chi connectivity index (χ1n) is 7.26. The number of carbonyl (C=O) groups is 1. The lowest BCUT2D eigenvalue weighted by Gasteiger charge is -2.27. The molecule has 3 N–H and O–H groups in total. The molecule has 8 heteroatoms. The number of hydrogen-bond acceptors (Lipinski definition) is 4. The first kappa shape index (κ1) is 16.8. The minimum Gasteiger partial charge on any atom is -0.280 e. The van der Waals surface area contributed by atoms with Crippen molar-refractivity contribution in [3.63, 3.8) is 0 Å². The second-order valence-electron chi connectivity index (χ2n) is 5.60. The Morgan fingerprint density at radius 3 is 2.46 bits per heavy atom. The molecule has 126 valence electrons. The van der Waals surface area contributed by atoms with Gasteiger partial charge in [0.1, 0.15) is 5.25 Å². The number of halogens is 1. The van der Waals surface area contributed by atoms with Crippen molar-refractivity contribution in [3.05, 3.63) is 64.7 Å². The van der Waals surface area contributed by atoms with Crippen molar-refractivity contribution in [1.82, 2.24) is 5.43 Å². The van der Waals surface area contributed by atoms with Gasteiger partial charge in [-0.1, -0.05) is 35.9 Å². The highest BCUT2D eigenvalue weighted by Crippen LogP contribution is 2.45. The summed E-state index contributed by atoms with van der Waals surface area (Å²) in [7, 11) is -3.90. The minimum absolute atomic E-state index is 0.301. The van der Waals surface area contributed by atoms with E-state index >= 15 is 0 Å². The molecule has 2 unspecified atom stereocenters. The van der Waals surface area contributed by atoms with Gasteiger partial charge in [0.25, 0.3) is 5.91 Å². The van der Waals surface area contributed by atoms with E-state index in [0.717, 1.165) is 0 Å². The van der Waals surface area contributed by atoms with Gasteiger partial charge in [-0.2, -0.15) is 0 Å². The molecule has 0 spiro atoms. The van der Waals surface area contributed by atoms with Gasteiger partial charge < -0.3 is 0 Å². The second-order valence-corrected chi connectivity index (χ2v) is 7.69. The van der Waals surface area contributed by atoms with Gasteiger partial charge in [-0.25, -0.2) is 13.6 Å². The Morgan fingerprint density at radius 2 is 1.83 bits per heavy atom. The number of hydrazine groups is 1. The number of primary sulfonamides is 1. The van der Waals surface area contributed by atoms with Gasteiger partial charge >= 0.3 is 0 Å². The molecule has 2 aromatic rings. The van der Waals surface area contributed by atoms with Crippen molar-refractivity contribution in [1.29, 1.82) is 0 Å². The number of rotatable bonds is 3. The van der Waals surface area contributed by atoms with Crippen LogP contribution in [0.4, 0.5) is 5.69 Å². The molecule has 0 saturated heterocycles. The summed E-state index contributed by atoms with van der Waals surface area (Å²) in [6, 6.07) is 13.1. The lowest BCUT2D eigenvalue weighted by Crippen LogP contribution is -2.48. The maximum atomic E-state index is 12.4. The van der Waals surface area contributed by atoms with Crippen molar-refractivity contribution in [3.8, 4) is 0 Å². The first-order chi connectivity index (χ1) is 11.3. The van der Waals surface area contributed by atoms with Gasteiger partial charge in [0.05, 0.1) is 11.7 Å². The Kier molecular flexibility index (Phi) is 4.25. The number of sulfonamides is 1. The molecule has 0 bridgehead atoms. The number of carbonyl (C=O) groups excluding carboxylic acids is 1. The van der Waals surface area contributed by atoms with Crippen molar-refractivity contribution >= 4 is 33.2 Å². The number of fused-ring (bicyclic) bond motifs is 1. The van der Waals surface area contributed by atoms with Gasteiger partial charge in [-0.15, -0.1) is 0 Å². The Balaban J connectivity index is 2.01. The fourth-order valence-electron chi connectivity index (χ4n) is 2.98. The minimum atomic E-state index is -3.90. The normalized spacial score (nSPS) is 19.9. The van der Waals surface area contributed by atoms with Crippen LogP contribution in [0.25, 0.3) is 0 Å². The van der Waals surface area contributed by atoms with E-state index < -0.39 is 21.3 Å².